The highest BCUT2D eigenvalue weighted by Gasteiger charge is 2.34. The van der Waals surface area contributed by atoms with Gasteiger partial charge in [-0.25, -0.2) is 4.98 Å². The first-order valence-electron chi connectivity index (χ1n) is 6.11. The van der Waals surface area contributed by atoms with E-state index in [9.17, 15) is 18.0 Å². The summed E-state index contributed by atoms with van der Waals surface area (Å²) in [6, 6.07) is 3.25. The first-order chi connectivity index (χ1) is 9.89. The van der Waals surface area contributed by atoms with Crippen LogP contribution in [-0.2, 0) is 12.6 Å². The zero-order valence-corrected chi connectivity index (χ0v) is 10.9. The molecule has 2 rings (SSSR count). The number of benzene rings is 1. The van der Waals surface area contributed by atoms with Crippen LogP contribution in [0.4, 0.5) is 18.9 Å². The molecule has 0 saturated heterocycles. The Morgan fingerprint density at radius 1 is 1.38 bits per heavy atom. The van der Waals surface area contributed by atoms with Crippen molar-refractivity contribution >= 4 is 11.6 Å². The van der Waals surface area contributed by atoms with Crippen molar-refractivity contribution in [2.24, 2.45) is 0 Å². The number of imidazole rings is 1. The van der Waals surface area contributed by atoms with Gasteiger partial charge in [-0.15, -0.1) is 0 Å². The van der Waals surface area contributed by atoms with E-state index in [1.165, 1.54) is 6.07 Å². The molecule has 1 amide bonds. The molecule has 2 aromatic rings. The largest absolute Gasteiger partial charge is 0.418 e. The number of amides is 1. The van der Waals surface area contributed by atoms with E-state index in [1.807, 2.05) is 0 Å². The number of alkyl halides is 3. The van der Waals surface area contributed by atoms with Crippen LogP contribution in [0.5, 0.6) is 0 Å². The van der Waals surface area contributed by atoms with E-state index in [4.69, 9.17) is 5.73 Å². The molecule has 21 heavy (non-hydrogen) atoms. The van der Waals surface area contributed by atoms with Gasteiger partial charge in [-0.1, -0.05) is 6.07 Å². The topological polar surface area (TPSA) is 83.8 Å². The van der Waals surface area contributed by atoms with E-state index >= 15 is 0 Å². The van der Waals surface area contributed by atoms with E-state index in [1.54, 1.807) is 12.4 Å². The third kappa shape index (κ3) is 3.53. The van der Waals surface area contributed by atoms with Gasteiger partial charge in [0.05, 0.1) is 16.8 Å². The Morgan fingerprint density at radius 2 is 2.14 bits per heavy atom. The third-order valence-corrected chi connectivity index (χ3v) is 2.86. The molecule has 0 saturated carbocycles. The minimum atomic E-state index is -4.59. The van der Waals surface area contributed by atoms with Crippen molar-refractivity contribution in [1.29, 1.82) is 0 Å². The molecule has 1 aromatic heterocycles. The molecule has 5 nitrogen and oxygen atoms in total. The fourth-order valence-electron chi connectivity index (χ4n) is 1.83. The maximum Gasteiger partial charge on any atom is 0.418 e. The number of carbonyl (C=O) groups is 1. The van der Waals surface area contributed by atoms with Crippen LogP contribution in [0.25, 0.3) is 0 Å². The molecule has 0 radical (unpaired) electrons. The summed E-state index contributed by atoms with van der Waals surface area (Å²) in [5, 5.41) is 2.51. The standard InChI is InChI=1S/C13H13F3N4O/c14-13(15,16)9-3-1-2-8(11(9)17)12(21)20-5-4-10-18-6-7-19-10/h1-3,6-7H,4-5,17H2,(H,18,19)(H,20,21). The molecule has 112 valence electrons. The molecule has 0 aliphatic carbocycles. The Labute approximate surface area is 118 Å². The van der Waals surface area contributed by atoms with Gasteiger partial charge in [0.1, 0.15) is 5.82 Å². The Balaban J connectivity index is 2.05. The molecular formula is C13H13F3N4O. The molecule has 0 unspecified atom stereocenters. The van der Waals surface area contributed by atoms with E-state index in [0.717, 1.165) is 12.1 Å². The number of aromatic nitrogens is 2. The number of anilines is 1. The predicted molar refractivity (Wildman–Crippen MR) is 70.5 cm³/mol. The van der Waals surface area contributed by atoms with Gasteiger partial charge in [0, 0.05) is 25.4 Å². The van der Waals surface area contributed by atoms with Crippen LogP contribution < -0.4 is 11.1 Å². The Morgan fingerprint density at radius 3 is 2.76 bits per heavy atom. The SMILES string of the molecule is Nc1c(C(=O)NCCc2ncc[nH]2)cccc1C(F)(F)F. The highest BCUT2D eigenvalue weighted by molar-refractivity contribution is 5.99. The van der Waals surface area contributed by atoms with Crippen LogP contribution in [0.3, 0.4) is 0 Å². The van der Waals surface area contributed by atoms with Crippen LogP contribution >= 0.6 is 0 Å². The first kappa shape index (κ1) is 14.9. The highest BCUT2D eigenvalue weighted by atomic mass is 19.4. The fraction of sp³-hybridized carbons (Fsp3) is 0.231. The molecular weight excluding hydrogens is 285 g/mol. The molecule has 0 bridgehead atoms. The van der Waals surface area contributed by atoms with Gasteiger partial charge in [-0.05, 0) is 12.1 Å². The zero-order valence-electron chi connectivity index (χ0n) is 10.9. The van der Waals surface area contributed by atoms with Crippen LogP contribution in [-0.4, -0.2) is 22.4 Å². The van der Waals surface area contributed by atoms with Gasteiger partial charge in [0.2, 0.25) is 0 Å². The van der Waals surface area contributed by atoms with Crippen LogP contribution in [0.1, 0.15) is 21.7 Å². The summed E-state index contributed by atoms with van der Waals surface area (Å²) in [4.78, 5) is 18.7. The third-order valence-electron chi connectivity index (χ3n) is 2.86. The molecule has 0 spiro atoms. The number of aromatic amines is 1. The summed E-state index contributed by atoms with van der Waals surface area (Å²) in [7, 11) is 0. The normalized spacial score (nSPS) is 11.4. The summed E-state index contributed by atoms with van der Waals surface area (Å²) in [6.07, 6.45) is -0.934. The lowest BCUT2D eigenvalue weighted by molar-refractivity contribution is -0.136. The Kier molecular flexibility index (Phi) is 4.15. The molecule has 8 heteroatoms. The van der Waals surface area contributed by atoms with Crippen molar-refractivity contribution in [3.05, 3.63) is 47.5 Å². The minimum Gasteiger partial charge on any atom is -0.398 e. The highest BCUT2D eigenvalue weighted by Crippen LogP contribution is 2.34. The number of rotatable bonds is 4. The predicted octanol–water partition coefficient (Wildman–Crippen LogP) is 1.98. The van der Waals surface area contributed by atoms with Crippen LogP contribution in [0.2, 0.25) is 0 Å². The lowest BCUT2D eigenvalue weighted by Crippen LogP contribution is -2.27. The van der Waals surface area contributed by atoms with Gasteiger partial charge < -0.3 is 16.0 Å². The number of hydrogen-bond donors (Lipinski definition) is 3. The number of H-pyrrole nitrogens is 1. The monoisotopic (exact) mass is 298 g/mol. The Hall–Kier alpha value is -2.51. The van der Waals surface area contributed by atoms with Gasteiger partial charge in [-0.3, -0.25) is 4.79 Å². The van der Waals surface area contributed by atoms with Gasteiger partial charge >= 0.3 is 6.18 Å². The average Bonchev–Trinajstić information content (AvgIpc) is 2.90. The Bertz CT molecular complexity index is 623. The van der Waals surface area contributed by atoms with Crippen LogP contribution in [0.15, 0.2) is 30.6 Å². The van der Waals surface area contributed by atoms with Crippen molar-refractivity contribution in [3.8, 4) is 0 Å². The van der Waals surface area contributed by atoms with Gasteiger partial charge in [0.25, 0.3) is 5.91 Å². The van der Waals surface area contributed by atoms with Crippen molar-refractivity contribution in [2.75, 3.05) is 12.3 Å². The number of nitrogens with two attached hydrogens (primary N) is 1. The summed E-state index contributed by atoms with van der Waals surface area (Å²) in [5.41, 5.74) is 3.67. The van der Waals surface area contributed by atoms with E-state index in [0.29, 0.717) is 12.2 Å². The quantitative estimate of drug-likeness (QED) is 0.755. The number of para-hydroxylation sites is 1. The molecule has 4 N–H and O–H groups in total. The summed E-state index contributed by atoms with van der Waals surface area (Å²) >= 11 is 0. The lowest BCUT2D eigenvalue weighted by atomic mass is 10.1. The zero-order chi connectivity index (χ0) is 15.5. The summed E-state index contributed by atoms with van der Waals surface area (Å²) in [5.74, 6) is 0.0254. The van der Waals surface area contributed by atoms with E-state index < -0.39 is 23.3 Å². The number of hydrogen-bond acceptors (Lipinski definition) is 3. The fourth-order valence-corrected chi connectivity index (χ4v) is 1.83. The number of nitrogen functional groups attached to an aromatic ring is 1. The molecule has 0 atom stereocenters. The molecule has 1 heterocycles. The van der Waals surface area contributed by atoms with Crippen LogP contribution in [0, 0.1) is 0 Å². The minimum absolute atomic E-state index is 0.190. The summed E-state index contributed by atoms with van der Waals surface area (Å²) in [6.45, 7) is 0.238. The summed E-state index contributed by atoms with van der Waals surface area (Å²) < 4.78 is 38.1. The number of nitrogens with zero attached hydrogens (tertiary/aromatic N) is 1. The average molecular weight is 298 g/mol. The molecule has 1 aromatic carbocycles. The second-order valence-corrected chi connectivity index (χ2v) is 4.31. The number of halogens is 3. The lowest BCUT2D eigenvalue weighted by Gasteiger charge is -2.13. The van der Waals surface area contributed by atoms with Crippen molar-refractivity contribution in [1.82, 2.24) is 15.3 Å². The molecule has 0 aliphatic heterocycles. The maximum absolute atomic E-state index is 12.7. The smallest absolute Gasteiger partial charge is 0.398 e. The number of nitrogens with one attached hydrogen (secondary N) is 2. The molecule has 0 fully saturated rings. The number of carbonyl (C=O) groups excluding carboxylic acids is 1. The van der Waals surface area contributed by atoms with Gasteiger partial charge in [0.15, 0.2) is 0 Å². The van der Waals surface area contributed by atoms with E-state index in [-0.39, 0.29) is 12.1 Å². The van der Waals surface area contributed by atoms with Crippen molar-refractivity contribution in [2.45, 2.75) is 12.6 Å². The van der Waals surface area contributed by atoms with Crippen molar-refractivity contribution < 1.29 is 18.0 Å². The second-order valence-electron chi connectivity index (χ2n) is 4.31. The maximum atomic E-state index is 12.7. The van der Waals surface area contributed by atoms with E-state index in [2.05, 4.69) is 15.3 Å². The van der Waals surface area contributed by atoms with Crippen molar-refractivity contribution in [3.63, 3.8) is 0 Å². The molecule has 0 aliphatic rings. The van der Waals surface area contributed by atoms with Gasteiger partial charge in [-0.2, -0.15) is 13.2 Å². The first-order valence-corrected chi connectivity index (χ1v) is 6.11. The second kappa shape index (κ2) is 5.86.